The van der Waals surface area contributed by atoms with Crippen LogP contribution >= 0.6 is 0 Å². The van der Waals surface area contributed by atoms with Crippen LogP contribution in [0.25, 0.3) is 0 Å². The van der Waals surface area contributed by atoms with Crippen LogP contribution in [0.4, 0.5) is 0 Å². The van der Waals surface area contributed by atoms with E-state index in [0.29, 0.717) is 38.1 Å². The third-order valence-electron chi connectivity index (χ3n) is 5.00. The molecule has 6 nitrogen and oxygen atoms in total. The van der Waals surface area contributed by atoms with Crippen LogP contribution < -0.4 is 5.32 Å². The number of likely N-dealkylation sites (tertiary alicyclic amines) is 1. The van der Waals surface area contributed by atoms with Gasteiger partial charge in [-0.15, -0.1) is 0 Å². The topological polar surface area (TPSA) is 78.9 Å². The fraction of sp³-hybridized carbons (Fsp3) is 0.889. The number of hydrogen-bond donors (Lipinski definition) is 2. The highest BCUT2D eigenvalue weighted by Gasteiger charge is 2.30. The minimum absolute atomic E-state index is 0.0223. The molecule has 0 aromatic heterocycles. The van der Waals surface area contributed by atoms with E-state index in [1.807, 2.05) is 11.8 Å². The van der Waals surface area contributed by atoms with Crippen LogP contribution in [-0.4, -0.2) is 60.8 Å². The molecule has 0 spiro atoms. The lowest BCUT2D eigenvalue weighted by Crippen LogP contribution is -2.47. The van der Waals surface area contributed by atoms with E-state index in [4.69, 9.17) is 4.74 Å². The van der Waals surface area contributed by atoms with Crippen LogP contribution in [0.3, 0.4) is 0 Å². The highest BCUT2D eigenvalue weighted by Crippen LogP contribution is 2.21. The Morgan fingerprint density at radius 3 is 2.67 bits per heavy atom. The normalized spacial score (nSPS) is 26.2. The molecule has 1 aliphatic heterocycles. The number of rotatable bonds is 8. The van der Waals surface area contributed by atoms with Crippen LogP contribution in [-0.2, 0) is 14.3 Å². The van der Waals surface area contributed by atoms with E-state index in [-0.39, 0.29) is 18.4 Å². The average molecular weight is 340 g/mol. The van der Waals surface area contributed by atoms with Gasteiger partial charge >= 0.3 is 5.97 Å². The SMILES string of the molecule is CC1CC(C(=O)O)CN(CC(=O)NCCCOC2CCCCC2)C1. The van der Waals surface area contributed by atoms with Gasteiger partial charge in [0.1, 0.15) is 0 Å². The molecule has 138 valence electrons. The van der Waals surface area contributed by atoms with Gasteiger partial charge in [0, 0.05) is 26.2 Å². The van der Waals surface area contributed by atoms with Gasteiger partial charge in [0.25, 0.3) is 0 Å². The van der Waals surface area contributed by atoms with Crippen molar-refractivity contribution in [3.05, 3.63) is 0 Å². The fourth-order valence-corrected chi connectivity index (χ4v) is 3.81. The zero-order chi connectivity index (χ0) is 17.4. The second-order valence-electron chi connectivity index (χ2n) is 7.40. The summed E-state index contributed by atoms with van der Waals surface area (Å²) in [5.41, 5.74) is 0. The molecule has 1 saturated heterocycles. The minimum Gasteiger partial charge on any atom is -0.481 e. The third-order valence-corrected chi connectivity index (χ3v) is 5.00. The number of amides is 1. The van der Waals surface area contributed by atoms with Crippen molar-refractivity contribution in [3.63, 3.8) is 0 Å². The number of ether oxygens (including phenoxy) is 1. The third kappa shape index (κ3) is 6.77. The molecular formula is C18H32N2O4. The summed E-state index contributed by atoms with van der Waals surface area (Å²) in [5.74, 6) is -0.820. The first-order valence-electron chi connectivity index (χ1n) is 9.38. The number of hydrogen-bond acceptors (Lipinski definition) is 4. The van der Waals surface area contributed by atoms with Crippen molar-refractivity contribution in [2.24, 2.45) is 11.8 Å². The molecule has 2 aliphatic rings. The predicted molar refractivity (Wildman–Crippen MR) is 91.8 cm³/mol. The highest BCUT2D eigenvalue weighted by atomic mass is 16.5. The van der Waals surface area contributed by atoms with Crippen molar-refractivity contribution in [1.82, 2.24) is 10.2 Å². The number of nitrogens with zero attached hydrogens (tertiary/aromatic N) is 1. The number of carboxylic acid groups (broad SMARTS) is 1. The van der Waals surface area contributed by atoms with E-state index in [1.54, 1.807) is 0 Å². The molecular weight excluding hydrogens is 308 g/mol. The van der Waals surface area contributed by atoms with Gasteiger partial charge in [-0.1, -0.05) is 26.2 Å². The molecule has 24 heavy (non-hydrogen) atoms. The van der Waals surface area contributed by atoms with E-state index >= 15 is 0 Å². The number of aliphatic carboxylic acids is 1. The Labute approximate surface area is 144 Å². The predicted octanol–water partition coefficient (Wildman–Crippen LogP) is 1.88. The van der Waals surface area contributed by atoms with Gasteiger partial charge in [-0.2, -0.15) is 0 Å². The Morgan fingerprint density at radius 1 is 1.21 bits per heavy atom. The maximum Gasteiger partial charge on any atom is 0.307 e. The van der Waals surface area contributed by atoms with Crippen molar-refractivity contribution in [1.29, 1.82) is 0 Å². The summed E-state index contributed by atoms with van der Waals surface area (Å²) in [6.07, 6.45) is 8.15. The zero-order valence-electron chi connectivity index (χ0n) is 14.8. The molecule has 0 radical (unpaired) electrons. The number of carbonyl (C=O) groups is 2. The summed E-state index contributed by atoms with van der Waals surface area (Å²) in [6.45, 7) is 4.92. The summed E-state index contributed by atoms with van der Waals surface area (Å²) in [5, 5.41) is 12.1. The molecule has 1 saturated carbocycles. The van der Waals surface area contributed by atoms with E-state index < -0.39 is 5.97 Å². The standard InChI is InChI=1S/C18H32N2O4/c1-14-10-15(18(22)23)12-20(11-14)13-17(21)19-8-5-9-24-16-6-3-2-4-7-16/h14-16H,2-13H2,1H3,(H,19,21)(H,22,23). The molecule has 2 unspecified atom stereocenters. The van der Waals surface area contributed by atoms with E-state index in [1.165, 1.54) is 32.1 Å². The Balaban J connectivity index is 1.56. The van der Waals surface area contributed by atoms with Crippen molar-refractivity contribution in [2.45, 2.75) is 58.0 Å². The van der Waals surface area contributed by atoms with Gasteiger partial charge in [0.2, 0.25) is 5.91 Å². The molecule has 1 heterocycles. The van der Waals surface area contributed by atoms with Crippen LogP contribution in [0, 0.1) is 11.8 Å². The average Bonchev–Trinajstić information content (AvgIpc) is 2.55. The molecule has 2 fully saturated rings. The van der Waals surface area contributed by atoms with Gasteiger partial charge in [-0.25, -0.2) is 0 Å². The molecule has 0 aromatic rings. The van der Waals surface area contributed by atoms with Crippen molar-refractivity contribution >= 4 is 11.9 Å². The van der Waals surface area contributed by atoms with E-state index in [9.17, 15) is 14.7 Å². The van der Waals surface area contributed by atoms with Gasteiger partial charge in [0.05, 0.1) is 18.6 Å². The smallest absolute Gasteiger partial charge is 0.307 e. The Kier molecular flexibility index (Phi) is 7.99. The largest absolute Gasteiger partial charge is 0.481 e. The highest BCUT2D eigenvalue weighted by molar-refractivity contribution is 5.78. The Morgan fingerprint density at radius 2 is 1.96 bits per heavy atom. The first-order chi connectivity index (χ1) is 11.5. The maximum absolute atomic E-state index is 12.0. The quantitative estimate of drug-likeness (QED) is 0.660. The Bertz CT molecular complexity index is 410. The van der Waals surface area contributed by atoms with Crippen LogP contribution in [0.15, 0.2) is 0 Å². The van der Waals surface area contributed by atoms with Crippen LogP contribution in [0.5, 0.6) is 0 Å². The minimum atomic E-state index is -0.758. The van der Waals surface area contributed by atoms with Crippen LogP contribution in [0.2, 0.25) is 0 Å². The molecule has 6 heteroatoms. The molecule has 2 atom stereocenters. The van der Waals surface area contributed by atoms with Gasteiger partial charge in [-0.05, 0) is 31.6 Å². The molecule has 1 aliphatic carbocycles. The first kappa shape index (κ1) is 19.2. The maximum atomic E-state index is 12.0. The zero-order valence-corrected chi connectivity index (χ0v) is 14.8. The summed E-state index contributed by atoms with van der Waals surface area (Å²) in [4.78, 5) is 25.1. The second kappa shape index (κ2) is 9.99. The van der Waals surface area contributed by atoms with E-state index in [2.05, 4.69) is 5.32 Å². The van der Waals surface area contributed by atoms with E-state index in [0.717, 1.165) is 13.0 Å². The van der Waals surface area contributed by atoms with Crippen molar-refractivity contribution in [3.8, 4) is 0 Å². The molecule has 0 aromatic carbocycles. The summed E-state index contributed by atoms with van der Waals surface area (Å²) in [7, 11) is 0. The van der Waals surface area contributed by atoms with Gasteiger partial charge in [-0.3, -0.25) is 14.5 Å². The fourth-order valence-electron chi connectivity index (χ4n) is 3.81. The number of carbonyl (C=O) groups excluding carboxylic acids is 1. The second-order valence-corrected chi connectivity index (χ2v) is 7.40. The summed E-state index contributed by atoms with van der Waals surface area (Å²) < 4.78 is 5.84. The van der Waals surface area contributed by atoms with Gasteiger partial charge in [0.15, 0.2) is 0 Å². The molecule has 2 rings (SSSR count). The Hall–Kier alpha value is -1.14. The number of carboxylic acids is 1. The molecule has 1 amide bonds. The first-order valence-corrected chi connectivity index (χ1v) is 9.38. The van der Waals surface area contributed by atoms with Gasteiger partial charge < -0.3 is 15.2 Å². The number of nitrogens with one attached hydrogen (secondary N) is 1. The lowest BCUT2D eigenvalue weighted by atomic mass is 9.90. The number of piperidine rings is 1. The summed E-state index contributed by atoms with van der Waals surface area (Å²) >= 11 is 0. The van der Waals surface area contributed by atoms with Crippen molar-refractivity contribution in [2.75, 3.05) is 32.8 Å². The summed E-state index contributed by atoms with van der Waals surface area (Å²) in [6, 6.07) is 0. The monoisotopic (exact) mass is 340 g/mol. The lowest BCUT2D eigenvalue weighted by molar-refractivity contribution is -0.145. The molecule has 0 bridgehead atoms. The van der Waals surface area contributed by atoms with Crippen LogP contribution in [0.1, 0.15) is 51.9 Å². The van der Waals surface area contributed by atoms with Crippen molar-refractivity contribution < 1.29 is 19.4 Å². The lowest BCUT2D eigenvalue weighted by Gasteiger charge is -2.34. The molecule has 2 N–H and O–H groups in total.